The Morgan fingerprint density at radius 2 is 2.25 bits per heavy atom. The van der Waals surface area contributed by atoms with Gasteiger partial charge in [-0.05, 0) is 0 Å². The minimum atomic E-state index is -3.63. The van der Waals surface area contributed by atoms with E-state index >= 15 is 0 Å². The SMILES string of the molecule is NC1=NNN(C2OC(O)C(O)C2(F)F)C=C1. The normalized spacial score (nSPS) is 37.1. The molecule has 2 aliphatic heterocycles. The molecule has 2 rings (SSSR count). The molecule has 2 aliphatic rings. The van der Waals surface area contributed by atoms with Crippen LogP contribution in [-0.4, -0.2) is 45.6 Å². The summed E-state index contributed by atoms with van der Waals surface area (Å²) in [6, 6.07) is 0. The number of halogens is 2. The molecule has 0 bridgehead atoms. The van der Waals surface area contributed by atoms with Crippen molar-refractivity contribution >= 4 is 5.84 Å². The van der Waals surface area contributed by atoms with Crippen LogP contribution in [0.5, 0.6) is 0 Å². The molecular formula is C7H10F2N4O3. The van der Waals surface area contributed by atoms with Gasteiger partial charge in [0.2, 0.25) is 6.23 Å². The van der Waals surface area contributed by atoms with Gasteiger partial charge in [-0.25, -0.2) is 10.5 Å². The number of aliphatic hydroxyl groups is 2. The minimum absolute atomic E-state index is 0.110. The van der Waals surface area contributed by atoms with E-state index in [0.717, 1.165) is 5.01 Å². The minimum Gasteiger partial charge on any atom is -0.382 e. The van der Waals surface area contributed by atoms with E-state index in [9.17, 15) is 8.78 Å². The molecule has 3 unspecified atom stereocenters. The van der Waals surface area contributed by atoms with Crippen LogP contribution in [0.4, 0.5) is 8.78 Å². The molecule has 90 valence electrons. The number of rotatable bonds is 1. The second-order valence-corrected chi connectivity index (χ2v) is 3.36. The average Bonchev–Trinajstić information content (AvgIpc) is 2.44. The number of alkyl halides is 2. The highest BCUT2D eigenvalue weighted by Crippen LogP contribution is 2.36. The number of aliphatic hydroxyl groups excluding tert-OH is 2. The molecule has 0 aromatic carbocycles. The second kappa shape index (κ2) is 3.54. The molecule has 16 heavy (non-hydrogen) atoms. The lowest BCUT2D eigenvalue weighted by Crippen LogP contribution is -2.52. The van der Waals surface area contributed by atoms with Gasteiger partial charge in [0.1, 0.15) is 5.84 Å². The Morgan fingerprint density at radius 3 is 2.69 bits per heavy atom. The molecule has 0 aromatic heterocycles. The van der Waals surface area contributed by atoms with Crippen molar-refractivity contribution in [3.8, 4) is 0 Å². The lowest BCUT2D eigenvalue weighted by atomic mass is 10.2. The van der Waals surface area contributed by atoms with Crippen LogP contribution >= 0.6 is 0 Å². The van der Waals surface area contributed by atoms with Crippen LogP contribution in [0.3, 0.4) is 0 Å². The van der Waals surface area contributed by atoms with Crippen molar-refractivity contribution in [2.45, 2.75) is 24.5 Å². The first-order valence-electron chi connectivity index (χ1n) is 4.37. The Labute approximate surface area is 88.7 Å². The highest BCUT2D eigenvalue weighted by atomic mass is 19.3. The highest BCUT2D eigenvalue weighted by molar-refractivity contribution is 5.91. The molecule has 9 heteroatoms. The van der Waals surface area contributed by atoms with Gasteiger partial charge in [-0.3, -0.25) is 0 Å². The van der Waals surface area contributed by atoms with Gasteiger partial charge in [-0.1, -0.05) is 0 Å². The fraction of sp³-hybridized carbons (Fsp3) is 0.571. The standard InChI is InChI=1S/C7H10F2N4O3/c8-7(9)4(14)5(15)16-6(7)13-2-1-3(10)11-12-13/h1-2,4-6,12,14-15H,(H2,10,11). The Kier molecular flexibility index (Phi) is 2.45. The number of nitrogens with one attached hydrogen (secondary N) is 1. The van der Waals surface area contributed by atoms with E-state index in [1.54, 1.807) is 0 Å². The van der Waals surface area contributed by atoms with E-state index in [2.05, 4.69) is 15.4 Å². The number of hydrogen-bond acceptors (Lipinski definition) is 7. The summed E-state index contributed by atoms with van der Waals surface area (Å²) < 4.78 is 31.3. The average molecular weight is 236 g/mol. The maximum Gasteiger partial charge on any atom is 0.323 e. The largest absolute Gasteiger partial charge is 0.382 e. The fourth-order valence-electron chi connectivity index (χ4n) is 1.36. The Balaban J connectivity index is 2.15. The van der Waals surface area contributed by atoms with Crippen molar-refractivity contribution in [3.05, 3.63) is 12.3 Å². The number of hydrazine groups is 1. The predicted octanol–water partition coefficient (Wildman–Crippen LogP) is -1.74. The van der Waals surface area contributed by atoms with Gasteiger partial charge >= 0.3 is 5.92 Å². The van der Waals surface area contributed by atoms with Crippen molar-refractivity contribution in [3.63, 3.8) is 0 Å². The molecule has 0 aromatic rings. The topological polar surface area (TPSA) is 103 Å². The van der Waals surface area contributed by atoms with E-state index in [1.807, 2.05) is 0 Å². The maximum atomic E-state index is 13.4. The smallest absolute Gasteiger partial charge is 0.323 e. The molecule has 0 spiro atoms. The summed E-state index contributed by atoms with van der Waals surface area (Å²) in [6.07, 6.45) is -3.64. The molecule has 0 radical (unpaired) electrons. The molecule has 0 aliphatic carbocycles. The first-order valence-corrected chi connectivity index (χ1v) is 4.37. The molecule has 3 atom stereocenters. The van der Waals surface area contributed by atoms with Crippen LogP contribution in [-0.2, 0) is 4.74 Å². The first kappa shape index (κ1) is 11.0. The predicted molar refractivity (Wildman–Crippen MR) is 47.6 cm³/mol. The number of nitrogens with zero attached hydrogens (tertiary/aromatic N) is 2. The molecule has 2 heterocycles. The number of ether oxygens (including phenoxy) is 1. The lowest BCUT2D eigenvalue weighted by molar-refractivity contribution is -0.178. The van der Waals surface area contributed by atoms with Crippen molar-refractivity contribution in [1.82, 2.24) is 10.5 Å². The summed E-state index contributed by atoms with van der Waals surface area (Å²) in [7, 11) is 0. The molecule has 1 saturated heterocycles. The number of hydrogen-bond donors (Lipinski definition) is 4. The zero-order valence-electron chi connectivity index (χ0n) is 7.92. The maximum absolute atomic E-state index is 13.4. The van der Waals surface area contributed by atoms with Crippen LogP contribution in [0.1, 0.15) is 0 Å². The molecule has 7 nitrogen and oxygen atoms in total. The van der Waals surface area contributed by atoms with Crippen LogP contribution in [0.15, 0.2) is 17.4 Å². The second-order valence-electron chi connectivity index (χ2n) is 3.36. The monoisotopic (exact) mass is 236 g/mol. The summed E-state index contributed by atoms with van der Waals surface area (Å²) in [5.74, 6) is -3.52. The van der Waals surface area contributed by atoms with E-state index < -0.39 is 24.5 Å². The van der Waals surface area contributed by atoms with E-state index in [-0.39, 0.29) is 5.84 Å². The third-order valence-corrected chi connectivity index (χ3v) is 2.22. The van der Waals surface area contributed by atoms with Crippen LogP contribution in [0, 0.1) is 0 Å². The van der Waals surface area contributed by atoms with Gasteiger partial charge in [0.25, 0.3) is 0 Å². The van der Waals surface area contributed by atoms with Crippen LogP contribution in [0.25, 0.3) is 0 Å². The Morgan fingerprint density at radius 1 is 1.56 bits per heavy atom. The van der Waals surface area contributed by atoms with Crippen molar-refractivity contribution < 1.29 is 23.7 Å². The summed E-state index contributed by atoms with van der Waals surface area (Å²) in [5.41, 5.74) is 7.45. The summed E-state index contributed by atoms with van der Waals surface area (Å²) >= 11 is 0. The summed E-state index contributed by atoms with van der Waals surface area (Å²) in [5, 5.41) is 22.3. The van der Waals surface area contributed by atoms with Crippen LogP contribution in [0.2, 0.25) is 0 Å². The highest BCUT2D eigenvalue weighted by Gasteiger charge is 2.60. The first-order chi connectivity index (χ1) is 7.43. The van der Waals surface area contributed by atoms with Gasteiger partial charge in [0, 0.05) is 12.3 Å². The van der Waals surface area contributed by atoms with E-state index in [0.29, 0.717) is 0 Å². The van der Waals surface area contributed by atoms with Gasteiger partial charge in [-0.15, -0.1) is 5.10 Å². The lowest BCUT2D eigenvalue weighted by Gasteiger charge is -2.30. The molecular weight excluding hydrogens is 226 g/mol. The van der Waals surface area contributed by atoms with Gasteiger partial charge < -0.3 is 20.7 Å². The van der Waals surface area contributed by atoms with Crippen molar-refractivity contribution in [1.29, 1.82) is 0 Å². The Hall–Kier alpha value is -1.45. The third kappa shape index (κ3) is 1.58. The van der Waals surface area contributed by atoms with Gasteiger partial charge in [0.05, 0.1) is 0 Å². The summed E-state index contributed by atoms with van der Waals surface area (Å²) in [6.45, 7) is 0. The van der Waals surface area contributed by atoms with E-state index in [1.165, 1.54) is 12.3 Å². The van der Waals surface area contributed by atoms with Crippen LogP contribution < -0.4 is 11.3 Å². The van der Waals surface area contributed by atoms with Gasteiger partial charge in [0.15, 0.2) is 12.4 Å². The number of nitrogens with two attached hydrogens (primary N) is 1. The zero-order chi connectivity index (χ0) is 11.9. The van der Waals surface area contributed by atoms with E-state index in [4.69, 9.17) is 15.9 Å². The van der Waals surface area contributed by atoms with Crippen molar-refractivity contribution in [2.24, 2.45) is 10.8 Å². The third-order valence-electron chi connectivity index (χ3n) is 2.22. The fourth-order valence-corrected chi connectivity index (χ4v) is 1.36. The molecule has 1 fully saturated rings. The van der Waals surface area contributed by atoms with Gasteiger partial charge in [-0.2, -0.15) is 8.78 Å². The summed E-state index contributed by atoms with van der Waals surface area (Å²) in [4.78, 5) is 0. The Bertz CT molecular complexity index is 349. The zero-order valence-corrected chi connectivity index (χ0v) is 7.92. The van der Waals surface area contributed by atoms with Crippen molar-refractivity contribution in [2.75, 3.05) is 0 Å². The number of hydrazone groups is 1. The number of amidine groups is 1. The molecule has 0 saturated carbocycles. The molecule has 0 amide bonds. The quantitative estimate of drug-likeness (QED) is 0.431. The molecule has 5 N–H and O–H groups in total.